The second-order valence-electron chi connectivity index (χ2n) is 6.45. The highest BCUT2D eigenvalue weighted by Gasteiger charge is 2.49. The van der Waals surface area contributed by atoms with Crippen LogP contribution >= 0.6 is 11.8 Å². The number of hydrogen-bond acceptors (Lipinski definition) is 5. The number of thioether (sulfide) groups is 1. The molecule has 1 saturated carbocycles. The van der Waals surface area contributed by atoms with Crippen molar-refractivity contribution in [2.45, 2.75) is 61.9 Å². The molecule has 4 N–H and O–H groups in total. The van der Waals surface area contributed by atoms with E-state index >= 15 is 0 Å². The molecule has 1 aliphatic carbocycles. The van der Waals surface area contributed by atoms with Gasteiger partial charge in [0.2, 0.25) is 0 Å². The van der Waals surface area contributed by atoms with Gasteiger partial charge in [0.25, 0.3) is 0 Å². The summed E-state index contributed by atoms with van der Waals surface area (Å²) in [5.41, 5.74) is 0.107. The minimum absolute atomic E-state index is 0.107. The van der Waals surface area contributed by atoms with Crippen LogP contribution in [0, 0.1) is 17.8 Å². The Morgan fingerprint density at radius 3 is 2.42 bits per heavy atom. The van der Waals surface area contributed by atoms with E-state index in [4.69, 9.17) is 0 Å². The van der Waals surface area contributed by atoms with Crippen LogP contribution in [-0.4, -0.2) is 55.8 Å². The molecule has 2 rings (SSSR count). The topological polar surface area (TPSA) is 80.9 Å². The van der Waals surface area contributed by atoms with E-state index in [1.54, 1.807) is 0 Å². The van der Waals surface area contributed by atoms with Crippen molar-refractivity contribution in [3.63, 3.8) is 0 Å². The van der Waals surface area contributed by atoms with Crippen molar-refractivity contribution in [3.05, 3.63) is 6.42 Å². The molecule has 0 bridgehead atoms. The smallest absolute Gasteiger partial charge is 0.108 e. The molecule has 1 heterocycles. The average molecular weight is 289 g/mol. The SMILES string of the molecule is CC1(C)CC[CH]CC1[C@H]1S[C@@H](CO)[C@H](O)[C@H](O)[C@H]1O. The third-order valence-corrected chi connectivity index (χ3v) is 6.44. The van der Waals surface area contributed by atoms with Gasteiger partial charge in [-0.15, -0.1) is 11.8 Å². The molecular formula is C14H25O4S. The van der Waals surface area contributed by atoms with Crippen LogP contribution in [0.5, 0.6) is 0 Å². The minimum atomic E-state index is -1.17. The average Bonchev–Trinajstić information content (AvgIpc) is 2.37. The Morgan fingerprint density at radius 1 is 1.16 bits per heavy atom. The van der Waals surface area contributed by atoms with Crippen molar-refractivity contribution >= 4 is 11.8 Å². The van der Waals surface area contributed by atoms with Gasteiger partial charge in [0.15, 0.2) is 0 Å². The molecule has 111 valence electrons. The van der Waals surface area contributed by atoms with Crippen molar-refractivity contribution < 1.29 is 20.4 Å². The van der Waals surface area contributed by atoms with Crippen molar-refractivity contribution in [1.29, 1.82) is 0 Å². The van der Waals surface area contributed by atoms with Gasteiger partial charge in [-0.3, -0.25) is 0 Å². The largest absolute Gasteiger partial charge is 0.395 e. The Kier molecular flexibility index (Phi) is 4.83. The summed E-state index contributed by atoms with van der Waals surface area (Å²) in [6.07, 6.45) is 2.17. The van der Waals surface area contributed by atoms with Crippen molar-refractivity contribution in [3.8, 4) is 0 Å². The second-order valence-corrected chi connectivity index (χ2v) is 7.87. The first-order valence-corrected chi connectivity index (χ1v) is 7.95. The normalized spacial score (nSPS) is 47.1. The van der Waals surface area contributed by atoms with E-state index in [1.807, 2.05) is 0 Å². The van der Waals surface area contributed by atoms with Crippen LogP contribution < -0.4 is 0 Å². The van der Waals surface area contributed by atoms with Gasteiger partial charge in [0.05, 0.1) is 24.1 Å². The number of aliphatic hydroxyl groups excluding tert-OH is 4. The molecule has 5 heteroatoms. The summed E-state index contributed by atoms with van der Waals surface area (Å²) in [7, 11) is 0. The Balaban J connectivity index is 2.17. The zero-order chi connectivity index (χ0) is 14.2. The van der Waals surface area contributed by atoms with Gasteiger partial charge in [-0.1, -0.05) is 13.8 Å². The molecule has 0 spiro atoms. The fraction of sp³-hybridized carbons (Fsp3) is 0.929. The first kappa shape index (κ1) is 15.6. The van der Waals surface area contributed by atoms with E-state index in [-0.39, 0.29) is 23.2 Å². The molecule has 2 fully saturated rings. The van der Waals surface area contributed by atoms with Gasteiger partial charge in [0, 0.05) is 5.25 Å². The lowest BCUT2D eigenvalue weighted by molar-refractivity contribution is -0.0814. The first-order valence-electron chi connectivity index (χ1n) is 7.00. The fourth-order valence-electron chi connectivity index (χ4n) is 3.32. The summed E-state index contributed by atoms with van der Waals surface area (Å²) in [4.78, 5) is 0. The first-order chi connectivity index (χ1) is 8.88. The van der Waals surface area contributed by atoms with Crippen LogP contribution in [0.25, 0.3) is 0 Å². The van der Waals surface area contributed by atoms with Crippen LogP contribution in [0.2, 0.25) is 0 Å². The molecule has 1 radical (unpaired) electrons. The quantitative estimate of drug-likeness (QED) is 0.598. The number of hydrogen-bond donors (Lipinski definition) is 4. The molecule has 0 aromatic carbocycles. The van der Waals surface area contributed by atoms with Gasteiger partial charge in [-0.05, 0) is 37.0 Å². The Hall–Kier alpha value is 0.190. The molecule has 2 aliphatic rings. The lowest BCUT2D eigenvalue weighted by Gasteiger charge is -2.49. The van der Waals surface area contributed by atoms with Gasteiger partial charge in [0.1, 0.15) is 6.10 Å². The van der Waals surface area contributed by atoms with E-state index in [0.29, 0.717) is 0 Å². The van der Waals surface area contributed by atoms with Crippen molar-refractivity contribution in [1.82, 2.24) is 0 Å². The molecule has 0 aromatic heterocycles. The van der Waals surface area contributed by atoms with Gasteiger partial charge in [-0.25, -0.2) is 0 Å². The van der Waals surface area contributed by atoms with Crippen LogP contribution in [-0.2, 0) is 0 Å². The van der Waals surface area contributed by atoms with E-state index in [9.17, 15) is 20.4 Å². The zero-order valence-electron chi connectivity index (χ0n) is 11.6. The van der Waals surface area contributed by atoms with Crippen LogP contribution in [0.4, 0.5) is 0 Å². The third-order valence-electron chi connectivity index (χ3n) is 4.74. The number of aliphatic hydroxyl groups is 4. The van der Waals surface area contributed by atoms with E-state index in [2.05, 4.69) is 20.3 Å². The summed E-state index contributed by atoms with van der Waals surface area (Å²) in [5, 5.41) is 38.9. The number of rotatable bonds is 2. The highest BCUT2D eigenvalue weighted by atomic mass is 32.2. The molecular weight excluding hydrogens is 264 g/mol. The van der Waals surface area contributed by atoms with E-state index in [1.165, 1.54) is 11.8 Å². The monoisotopic (exact) mass is 289 g/mol. The fourth-order valence-corrected chi connectivity index (χ4v) is 5.12. The van der Waals surface area contributed by atoms with E-state index < -0.39 is 23.6 Å². The lowest BCUT2D eigenvalue weighted by Crippen LogP contribution is -2.57. The molecule has 1 saturated heterocycles. The Labute approximate surface area is 119 Å². The summed E-state index contributed by atoms with van der Waals surface area (Å²) < 4.78 is 0. The maximum absolute atomic E-state index is 10.3. The van der Waals surface area contributed by atoms with E-state index in [0.717, 1.165) is 19.3 Å². The maximum Gasteiger partial charge on any atom is 0.108 e. The summed E-state index contributed by atoms with van der Waals surface area (Å²) in [5.74, 6) is 0.262. The molecule has 0 aromatic rings. The summed E-state index contributed by atoms with van der Waals surface area (Å²) in [6, 6.07) is 0. The van der Waals surface area contributed by atoms with Crippen LogP contribution in [0.15, 0.2) is 0 Å². The van der Waals surface area contributed by atoms with Gasteiger partial charge < -0.3 is 20.4 Å². The molecule has 6 atom stereocenters. The maximum atomic E-state index is 10.3. The summed E-state index contributed by atoms with van der Waals surface area (Å²) >= 11 is 1.43. The molecule has 1 aliphatic heterocycles. The van der Waals surface area contributed by atoms with Crippen molar-refractivity contribution in [2.24, 2.45) is 11.3 Å². The predicted molar refractivity (Wildman–Crippen MR) is 75.7 cm³/mol. The highest BCUT2D eigenvalue weighted by molar-refractivity contribution is 8.00. The lowest BCUT2D eigenvalue weighted by atomic mass is 9.66. The van der Waals surface area contributed by atoms with Gasteiger partial charge >= 0.3 is 0 Å². The minimum Gasteiger partial charge on any atom is -0.395 e. The second kappa shape index (κ2) is 5.90. The molecule has 1 unspecified atom stereocenters. The van der Waals surface area contributed by atoms with Gasteiger partial charge in [-0.2, -0.15) is 0 Å². The molecule has 4 nitrogen and oxygen atoms in total. The van der Waals surface area contributed by atoms with Crippen molar-refractivity contribution in [2.75, 3.05) is 6.61 Å². The zero-order valence-corrected chi connectivity index (χ0v) is 12.4. The molecule has 19 heavy (non-hydrogen) atoms. The Morgan fingerprint density at radius 2 is 1.84 bits per heavy atom. The van der Waals surface area contributed by atoms with Crippen LogP contribution in [0.3, 0.4) is 0 Å². The third kappa shape index (κ3) is 2.95. The Bertz CT molecular complexity index is 308. The molecule has 0 amide bonds. The summed E-state index contributed by atoms with van der Waals surface area (Å²) in [6.45, 7) is 4.22. The van der Waals surface area contributed by atoms with Crippen LogP contribution in [0.1, 0.15) is 33.1 Å². The predicted octanol–water partition coefficient (Wildman–Crippen LogP) is 0.576. The standard InChI is InChI=1S/C14H25O4S/c1-14(2)6-4-3-5-8(14)13-12(18)11(17)10(16)9(7-15)19-13/h3,8-13,15-18H,4-7H2,1-2H3/t8?,9-,10-,11-,12+,13+/m0/s1. The highest BCUT2D eigenvalue weighted by Crippen LogP contribution is 2.49.